The Morgan fingerprint density at radius 1 is 1.31 bits per heavy atom. The Morgan fingerprint density at radius 3 is 2.38 bits per heavy atom. The van der Waals surface area contributed by atoms with Gasteiger partial charge >= 0.3 is 0 Å². The zero-order chi connectivity index (χ0) is 12.3. The minimum atomic E-state index is -0.459. The maximum atomic E-state index is 13.7. The van der Waals surface area contributed by atoms with Crippen molar-refractivity contribution in [2.45, 2.75) is 39.2 Å². The Morgan fingerprint density at radius 2 is 1.94 bits per heavy atom. The molecule has 1 aromatic rings. The normalized spacial score (nSPS) is 12.9. The van der Waals surface area contributed by atoms with Gasteiger partial charge in [0.15, 0.2) is 0 Å². The average molecular weight is 226 g/mol. The average Bonchev–Trinajstić information content (AvgIpc) is 2.18. The first-order chi connectivity index (χ1) is 7.45. The second kappa shape index (κ2) is 5.30. The Balaban J connectivity index is 3.17. The van der Waals surface area contributed by atoms with Crippen LogP contribution in [0.5, 0.6) is 5.75 Å². The summed E-state index contributed by atoms with van der Waals surface area (Å²) in [5.74, 6) is 0.377. The lowest BCUT2D eigenvalue weighted by Crippen LogP contribution is -2.07. The fourth-order valence-corrected chi connectivity index (χ4v) is 1.73. The fourth-order valence-electron chi connectivity index (χ4n) is 1.73. The van der Waals surface area contributed by atoms with Gasteiger partial charge in [-0.05, 0) is 30.0 Å². The Kier molecular flexibility index (Phi) is 4.30. The molecule has 0 bridgehead atoms. The second-order valence-corrected chi connectivity index (χ2v) is 4.39. The van der Waals surface area contributed by atoms with Gasteiger partial charge < -0.3 is 9.84 Å². The summed E-state index contributed by atoms with van der Waals surface area (Å²) in [5, 5.41) is 9.38. The summed E-state index contributed by atoms with van der Waals surface area (Å²) in [4.78, 5) is 0. The van der Waals surface area contributed by atoms with Crippen molar-refractivity contribution in [3.63, 3.8) is 0 Å². The molecule has 0 aromatic heterocycles. The van der Waals surface area contributed by atoms with Crippen LogP contribution in [0.4, 0.5) is 4.39 Å². The minimum Gasteiger partial charge on any atom is -0.496 e. The summed E-state index contributed by atoms with van der Waals surface area (Å²) < 4.78 is 18.8. The van der Waals surface area contributed by atoms with Gasteiger partial charge in [0.05, 0.1) is 13.2 Å². The molecule has 1 aromatic carbocycles. The molecule has 16 heavy (non-hydrogen) atoms. The van der Waals surface area contributed by atoms with Gasteiger partial charge in [-0.1, -0.05) is 13.8 Å². The number of ether oxygens (including phenoxy) is 1. The van der Waals surface area contributed by atoms with E-state index in [-0.39, 0.29) is 11.7 Å². The third-order valence-corrected chi connectivity index (χ3v) is 2.54. The van der Waals surface area contributed by atoms with E-state index in [2.05, 4.69) is 0 Å². The van der Waals surface area contributed by atoms with Crippen LogP contribution in [-0.2, 0) is 6.42 Å². The Bertz CT molecular complexity index is 359. The third-order valence-electron chi connectivity index (χ3n) is 2.54. The van der Waals surface area contributed by atoms with Crippen molar-refractivity contribution in [2.75, 3.05) is 7.11 Å². The third kappa shape index (κ3) is 2.95. The predicted molar refractivity (Wildman–Crippen MR) is 62.4 cm³/mol. The van der Waals surface area contributed by atoms with E-state index < -0.39 is 6.10 Å². The Labute approximate surface area is 96.1 Å². The fraction of sp³-hybridized carbons (Fsp3) is 0.538. The zero-order valence-electron chi connectivity index (χ0n) is 10.2. The Hall–Kier alpha value is -1.09. The first-order valence-electron chi connectivity index (χ1n) is 5.50. The van der Waals surface area contributed by atoms with Crippen LogP contribution in [0.2, 0.25) is 0 Å². The smallest absolute Gasteiger partial charge is 0.130 e. The summed E-state index contributed by atoms with van der Waals surface area (Å²) in [7, 11) is 1.51. The largest absolute Gasteiger partial charge is 0.496 e. The van der Waals surface area contributed by atoms with Crippen LogP contribution < -0.4 is 4.74 Å². The summed E-state index contributed by atoms with van der Waals surface area (Å²) >= 11 is 0. The molecule has 1 unspecified atom stereocenters. The molecule has 0 aliphatic heterocycles. The SMILES string of the molecule is COc1cc(F)c(C(C)C)cc1CC(C)O. The number of benzene rings is 1. The molecular weight excluding hydrogens is 207 g/mol. The van der Waals surface area contributed by atoms with Crippen molar-refractivity contribution < 1.29 is 14.2 Å². The van der Waals surface area contributed by atoms with E-state index in [0.717, 1.165) is 5.56 Å². The molecule has 0 heterocycles. The molecule has 0 spiro atoms. The van der Waals surface area contributed by atoms with Gasteiger partial charge in [-0.25, -0.2) is 4.39 Å². The molecule has 90 valence electrons. The van der Waals surface area contributed by atoms with Crippen LogP contribution in [0.15, 0.2) is 12.1 Å². The number of hydrogen-bond donors (Lipinski definition) is 1. The standard InChI is InChI=1S/C13H19FO2/c1-8(2)11-6-10(5-9(3)15)13(16-4)7-12(11)14/h6-9,15H,5H2,1-4H3. The molecule has 0 aliphatic rings. The summed E-state index contributed by atoms with van der Waals surface area (Å²) in [6.45, 7) is 5.59. The number of hydrogen-bond acceptors (Lipinski definition) is 2. The van der Waals surface area contributed by atoms with E-state index in [1.807, 2.05) is 13.8 Å². The van der Waals surface area contributed by atoms with Gasteiger partial charge in [0.1, 0.15) is 11.6 Å². The molecule has 1 rings (SSSR count). The maximum absolute atomic E-state index is 13.7. The number of methoxy groups -OCH3 is 1. The van der Waals surface area contributed by atoms with Gasteiger partial charge in [0.25, 0.3) is 0 Å². The lowest BCUT2D eigenvalue weighted by atomic mass is 9.97. The molecule has 0 saturated carbocycles. The van der Waals surface area contributed by atoms with Crippen LogP contribution >= 0.6 is 0 Å². The highest BCUT2D eigenvalue weighted by Gasteiger charge is 2.14. The van der Waals surface area contributed by atoms with Crippen LogP contribution in [0, 0.1) is 5.82 Å². The number of aliphatic hydroxyl groups is 1. The molecule has 0 amide bonds. The lowest BCUT2D eigenvalue weighted by molar-refractivity contribution is 0.194. The van der Waals surface area contributed by atoms with Crippen molar-refractivity contribution in [3.05, 3.63) is 29.1 Å². The predicted octanol–water partition coefficient (Wildman–Crippen LogP) is 2.88. The molecule has 0 fully saturated rings. The molecule has 2 nitrogen and oxygen atoms in total. The van der Waals surface area contributed by atoms with Crippen LogP contribution in [0.3, 0.4) is 0 Å². The van der Waals surface area contributed by atoms with Gasteiger partial charge in [-0.15, -0.1) is 0 Å². The van der Waals surface area contributed by atoms with Crippen molar-refractivity contribution in [3.8, 4) is 5.75 Å². The van der Waals surface area contributed by atoms with Crippen LogP contribution in [0.1, 0.15) is 37.8 Å². The van der Waals surface area contributed by atoms with E-state index in [1.165, 1.54) is 13.2 Å². The second-order valence-electron chi connectivity index (χ2n) is 4.39. The van der Waals surface area contributed by atoms with Crippen molar-refractivity contribution >= 4 is 0 Å². The van der Waals surface area contributed by atoms with E-state index >= 15 is 0 Å². The maximum Gasteiger partial charge on any atom is 0.130 e. The van der Waals surface area contributed by atoms with E-state index in [4.69, 9.17) is 4.74 Å². The summed E-state index contributed by atoms with van der Waals surface area (Å²) in [6, 6.07) is 3.18. The zero-order valence-corrected chi connectivity index (χ0v) is 10.2. The highest BCUT2D eigenvalue weighted by molar-refractivity contribution is 5.39. The van der Waals surface area contributed by atoms with Crippen LogP contribution in [-0.4, -0.2) is 18.3 Å². The van der Waals surface area contributed by atoms with Gasteiger partial charge in [-0.2, -0.15) is 0 Å². The van der Waals surface area contributed by atoms with Crippen molar-refractivity contribution in [2.24, 2.45) is 0 Å². The van der Waals surface area contributed by atoms with Crippen molar-refractivity contribution in [1.29, 1.82) is 0 Å². The van der Waals surface area contributed by atoms with Crippen LogP contribution in [0.25, 0.3) is 0 Å². The highest BCUT2D eigenvalue weighted by Crippen LogP contribution is 2.28. The number of aliphatic hydroxyl groups excluding tert-OH is 1. The van der Waals surface area contributed by atoms with E-state index in [9.17, 15) is 9.50 Å². The van der Waals surface area contributed by atoms with Gasteiger partial charge in [0, 0.05) is 12.5 Å². The quantitative estimate of drug-likeness (QED) is 0.855. The molecule has 0 radical (unpaired) electrons. The highest BCUT2D eigenvalue weighted by atomic mass is 19.1. The molecule has 3 heteroatoms. The summed E-state index contributed by atoms with van der Waals surface area (Å²) in [6.07, 6.45) is 0.0165. The van der Waals surface area contributed by atoms with Crippen molar-refractivity contribution in [1.82, 2.24) is 0 Å². The first kappa shape index (κ1) is 13.0. The van der Waals surface area contributed by atoms with E-state index in [0.29, 0.717) is 17.7 Å². The topological polar surface area (TPSA) is 29.5 Å². The van der Waals surface area contributed by atoms with Gasteiger partial charge in [0.2, 0.25) is 0 Å². The molecule has 0 aliphatic carbocycles. The van der Waals surface area contributed by atoms with Gasteiger partial charge in [-0.3, -0.25) is 0 Å². The molecule has 1 atom stereocenters. The molecule has 1 N–H and O–H groups in total. The molecule has 0 saturated heterocycles. The van der Waals surface area contributed by atoms with E-state index in [1.54, 1.807) is 13.0 Å². The summed E-state index contributed by atoms with van der Waals surface area (Å²) in [5.41, 5.74) is 1.51. The lowest BCUT2D eigenvalue weighted by Gasteiger charge is -2.15. The number of halogens is 1. The first-order valence-corrected chi connectivity index (χ1v) is 5.50. The number of rotatable bonds is 4. The minimum absolute atomic E-state index is 0.124. The molecular formula is C13H19FO2. The monoisotopic (exact) mass is 226 g/mol.